The maximum Gasteiger partial charge on any atom is 0.264 e. The Kier molecular flexibility index (Phi) is 4.15. The Hall–Kier alpha value is -3.58. The van der Waals surface area contributed by atoms with Crippen molar-refractivity contribution in [1.29, 1.82) is 0 Å². The minimum atomic E-state index is -1.95. The average Bonchev–Trinajstić information content (AvgIpc) is 3.43. The number of amides is 1. The topological polar surface area (TPSA) is 89.2 Å². The van der Waals surface area contributed by atoms with E-state index in [1.165, 1.54) is 4.90 Å². The number of para-hydroxylation sites is 1. The molecule has 7 heteroatoms. The molecule has 0 saturated carbocycles. The highest BCUT2D eigenvalue weighted by Gasteiger charge is 2.51. The number of anilines is 1. The van der Waals surface area contributed by atoms with Gasteiger partial charge in [0.1, 0.15) is 5.76 Å². The molecular formula is C23H19NO6. The number of rotatable bonds is 5. The Bertz CT molecular complexity index is 1170. The van der Waals surface area contributed by atoms with Crippen LogP contribution in [0.5, 0.6) is 11.5 Å². The fourth-order valence-corrected chi connectivity index (χ4v) is 3.96. The molecule has 5 rings (SSSR count). The third-order valence-corrected chi connectivity index (χ3v) is 5.45. The summed E-state index contributed by atoms with van der Waals surface area (Å²) >= 11 is 0. The van der Waals surface area contributed by atoms with Gasteiger partial charge < -0.3 is 23.9 Å². The van der Waals surface area contributed by atoms with Crippen LogP contribution in [-0.4, -0.2) is 23.6 Å². The lowest BCUT2D eigenvalue weighted by Crippen LogP contribution is -2.41. The van der Waals surface area contributed by atoms with Gasteiger partial charge in [0.25, 0.3) is 5.91 Å². The van der Waals surface area contributed by atoms with Gasteiger partial charge in [-0.25, -0.2) is 0 Å². The number of hydrogen-bond acceptors (Lipinski definition) is 6. The SMILES string of the molecule is Cc1ccc(C(=O)C[C@@]2(O)C(=O)N(Cc3ccc4c(c3)OCO4)c3ccccc32)o1. The summed E-state index contributed by atoms with van der Waals surface area (Å²) in [7, 11) is 0. The van der Waals surface area contributed by atoms with E-state index in [-0.39, 0.29) is 19.1 Å². The number of Topliss-reactive ketones (excluding diaryl/α,β-unsaturated/α-hetero) is 1. The number of carbonyl (C=O) groups is 2. The zero-order chi connectivity index (χ0) is 20.9. The van der Waals surface area contributed by atoms with Crippen LogP contribution in [0.3, 0.4) is 0 Å². The fraction of sp³-hybridized carbons (Fsp3) is 0.217. The number of ether oxygens (including phenoxy) is 2. The van der Waals surface area contributed by atoms with E-state index in [9.17, 15) is 14.7 Å². The van der Waals surface area contributed by atoms with Crippen molar-refractivity contribution in [3.05, 3.63) is 77.2 Å². The molecular weight excluding hydrogens is 386 g/mol. The molecule has 0 saturated heterocycles. The number of aliphatic hydroxyl groups is 1. The van der Waals surface area contributed by atoms with E-state index in [0.29, 0.717) is 28.5 Å². The van der Waals surface area contributed by atoms with E-state index in [1.807, 2.05) is 12.1 Å². The van der Waals surface area contributed by atoms with Crippen molar-refractivity contribution in [1.82, 2.24) is 0 Å². The molecule has 1 amide bonds. The third-order valence-electron chi connectivity index (χ3n) is 5.45. The van der Waals surface area contributed by atoms with Gasteiger partial charge in [-0.2, -0.15) is 0 Å². The molecule has 2 aromatic carbocycles. The first-order valence-electron chi connectivity index (χ1n) is 9.58. The summed E-state index contributed by atoms with van der Waals surface area (Å²) in [5, 5.41) is 11.4. The highest BCUT2D eigenvalue weighted by Crippen LogP contribution is 2.44. The van der Waals surface area contributed by atoms with Crippen LogP contribution in [0.25, 0.3) is 0 Å². The lowest BCUT2D eigenvalue weighted by Gasteiger charge is -2.22. The molecule has 1 atom stereocenters. The van der Waals surface area contributed by atoms with Crippen molar-refractivity contribution in [2.45, 2.75) is 25.5 Å². The standard InChI is InChI=1S/C23H19NO6/c1-14-6-8-19(30-14)18(25)11-23(27)16-4-2-3-5-17(16)24(22(23)26)12-15-7-9-20-21(10-15)29-13-28-20/h2-10,27H,11-13H2,1H3/t23-/m0/s1. The van der Waals surface area contributed by atoms with E-state index in [1.54, 1.807) is 49.4 Å². The molecule has 2 aliphatic heterocycles. The number of nitrogens with zero attached hydrogens (tertiary/aromatic N) is 1. The molecule has 30 heavy (non-hydrogen) atoms. The summed E-state index contributed by atoms with van der Waals surface area (Å²) in [5.74, 6) is 1.01. The second-order valence-electron chi connectivity index (χ2n) is 7.47. The maximum atomic E-state index is 13.3. The molecule has 1 N–H and O–H groups in total. The molecule has 0 radical (unpaired) electrons. The lowest BCUT2D eigenvalue weighted by molar-refractivity contribution is -0.136. The number of aryl methyl sites for hydroxylation is 1. The van der Waals surface area contributed by atoms with Crippen molar-refractivity contribution < 1.29 is 28.6 Å². The number of furan rings is 1. The van der Waals surface area contributed by atoms with Gasteiger partial charge in [0.05, 0.1) is 18.7 Å². The third kappa shape index (κ3) is 2.86. The summed E-state index contributed by atoms with van der Waals surface area (Å²) in [6, 6.07) is 15.6. The summed E-state index contributed by atoms with van der Waals surface area (Å²) in [4.78, 5) is 27.5. The first kappa shape index (κ1) is 18.4. The highest BCUT2D eigenvalue weighted by atomic mass is 16.7. The van der Waals surface area contributed by atoms with Crippen LogP contribution in [0.2, 0.25) is 0 Å². The minimum Gasteiger partial charge on any atom is -0.458 e. The molecule has 152 valence electrons. The second-order valence-corrected chi connectivity index (χ2v) is 7.47. The van der Waals surface area contributed by atoms with Gasteiger partial charge in [-0.1, -0.05) is 24.3 Å². The van der Waals surface area contributed by atoms with E-state index >= 15 is 0 Å². The predicted octanol–water partition coefficient (Wildman–Crippen LogP) is 3.32. The van der Waals surface area contributed by atoms with Crippen LogP contribution >= 0.6 is 0 Å². The van der Waals surface area contributed by atoms with Gasteiger partial charge in [-0.3, -0.25) is 9.59 Å². The molecule has 0 spiro atoms. The molecule has 3 heterocycles. The summed E-state index contributed by atoms with van der Waals surface area (Å²) in [5.41, 5.74) is -0.150. The second kappa shape index (κ2) is 6.74. The molecule has 2 aliphatic rings. The van der Waals surface area contributed by atoms with Crippen LogP contribution in [-0.2, 0) is 16.9 Å². The van der Waals surface area contributed by atoms with Crippen LogP contribution in [0.15, 0.2) is 59.0 Å². The van der Waals surface area contributed by atoms with E-state index < -0.39 is 23.7 Å². The minimum absolute atomic E-state index is 0.125. The molecule has 0 unspecified atom stereocenters. The van der Waals surface area contributed by atoms with Gasteiger partial charge in [0.2, 0.25) is 12.6 Å². The summed E-state index contributed by atoms with van der Waals surface area (Å²) < 4.78 is 16.1. The Balaban J connectivity index is 1.47. The quantitative estimate of drug-likeness (QED) is 0.655. The maximum absolute atomic E-state index is 13.3. The van der Waals surface area contributed by atoms with Crippen LogP contribution < -0.4 is 14.4 Å². The Morgan fingerprint density at radius 1 is 1.10 bits per heavy atom. The first-order chi connectivity index (χ1) is 14.5. The normalized spacial score (nSPS) is 19.3. The Labute approximate surface area is 172 Å². The van der Waals surface area contributed by atoms with Gasteiger partial charge in [0.15, 0.2) is 22.9 Å². The summed E-state index contributed by atoms with van der Waals surface area (Å²) in [6.07, 6.45) is -0.395. The zero-order valence-electron chi connectivity index (χ0n) is 16.3. The average molecular weight is 405 g/mol. The number of benzene rings is 2. The van der Waals surface area contributed by atoms with Crippen molar-refractivity contribution in [2.24, 2.45) is 0 Å². The largest absolute Gasteiger partial charge is 0.458 e. The van der Waals surface area contributed by atoms with Crippen LogP contribution in [0.4, 0.5) is 5.69 Å². The van der Waals surface area contributed by atoms with Gasteiger partial charge in [-0.15, -0.1) is 0 Å². The van der Waals surface area contributed by atoms with Gasteiger partial charge >= 0.3 is 0 Å². The van der Waals surface area contributed by atoms with Crippen molar-refractivity contribution >= 4 is 17.4 Å². The predicted molar refractivity (Wildman–Crippen MR) is 106 cm³/mol. The van der Waals surface area contributed by atoms with E-state index in [0.717, 1.165) is 5.56 Å². The molecule has 3 aromatic rings. The number of fused-ring (bicyclic) bond motifs is 2. The van der Waals surface area contributed by atoms with Gasteiger partial charge in [-0.05, 0) is 42.8 Å². The highest BCUT2D eigenvalue weighted by molar-refractivity contribution is 6.10. The molecule has 0 aliphatic carbocycles. The number of hydrogen-bond donors (Lipinski definition) is 1. The van der Waals surface area contributed by atoms with Crippen molar-refractivity contribution in [3.63, 3.8) is 0 Å². The number of carbonyl (C=O) groups excluding carboxylic acids is 2. The fourth-order valence-electron chi connectivity index (χ4n) is 3.96. The Morgan fingerprint density at radius 3 is 2.70 bits per heavy atom. The molecule has 0 fully saturated rings. The number of ketones is 1. The molecule has 1 aromatic heterocycles. The van der Waals surface area contributed by atoms with Crippen LogP contribution in [0, 0.1) is 6.92 Å². The molecule has 7 nitrogen and oxygen atoms in total. The van der Waals surface area contributed by atoms with E-state index in [4.69, 9.17) is 13.9 Å². The zero-order valence-corrected chi connectivity index (χ0v) is 16.3. The van der Waals surface area contributed by atoms with Gasteiger partial charge in [0, 0.05) is 5.56 Å². The first-order valence-corrected chi connectivity index (χ1v) is 9.58. The van der Waals surface area contributed by atoms with E-state index in [2.05, 4.69) is 0 Å². The monoisotopic (exact) mass is 405 g/mol. The van der Waals surface area contributed by atoms with Crippen LogP contribution in [0.1, 0.15) is 33.9 Å². The lowest BCUT2D eigenvalue weighted by atomic mass is 9.89. The summed E-state index contributed by atoms with van der Waals surface area (Å²) in [6.45, 7) is 2.12. The van der Waals surface area contributed by atoms with Crippen molar-refractivity contribution in [3.8, 4) is 11.5 Å². The van der Waals surface area contributed by atoms with Crippen molar-refractivity contribution in [2.75, 3.05) is 11.7 Å². The Morgan fingerprint density at radius 2 is 1.90 bits per heavy atom. The molecule has 0 bridgehead atoms. The smallest absolute Gasteiger partial charge is 0.264 e.